The maximum atomic E-state index is 11.4. The van der Waals surface area contributed by atoms with Gasteiger partial charge in [0.05, 0.1) is 0 Å². The molecule has 0 unspecified atom stereocenters. The van der Waals surface area contributed by atoms with Crippen LogP contribution in [0.5, 0.6) is 5.75 Å². The first-order chi connectivity index (χ1) is 8.61. The van der Waals surface area contributed by atoms with Gasteiger partial charge in [-0.3, -0.25) is 9.59 Å². The Morgan fingerprint density at radius 1 is 1.33 bits per heavy atom. The van der Waals surface area contributed by atoms with Gasteiger partial charge in [-0.05, 0) is 12.1 Å². The molecule has 0 heterocycles. The van der Waals surface area contributed by atoms with Crippen LogP contribution in [0.1, 0.15) is 6.42 Å². The van der Waals surface area contributed by atoms with Crippen LogP contribution in [0.4, 0.5) is 5.69 Å². The monoisotopic (exact) mass is 251 g/mol. The lowest BCUT2D eigenvalue weighted by Gasteiger charge is -2.07. The Kier molecular flexibility index (Phi) is 5.50. The van der Waals surface area contributed by atoms with Gasteiger partial charge in [0.15, 0.2) is 6.61 Å². The molecule has 0 aliphatic heterocycles. The Morgan fingerprint density at radius 3 is 2.78 bits per heavy atom. The first-order valence-corrected chi connectivity index (χ1v) is 5.57. The molecule has 0 saturated heterocycles. The van der Waals surface area contributed by atoms with Gasteiger partial charge >= 0.3 is 0 Å². The zero-order valence-corrected chi connectivity index (χ0v) is 10.2. The largest absolute Gasteiger partial charge is 0.484 e. The second-order valence-electron chi connectivity index (χ2n) is 3.63. The Bertz CT molecular complexity index is 421. The van der Waals surface area contributed by atoms with E-state index in [1.165, 1.54) is 0 Å². The quantitative estimate of drug-likeness (QED) is 0.615. The van der Waals surface area contributed by atoms with Crippen molar-refractivity contribution < 1.29 is 14.3 Å². The summed E-state index contributed by atoms with van der Waals surface area (Å²) in [6.45, 7) is 0.190. The van der Waals surface area contributed by atoms with Crippen LogP contribution in [0.15, 0.2) is 24.3 Å². The van der Waals surface area contributed by atoms with Gasteiger partial charge in [0.25, 0.3) is 5.91 Å². The minimum Gasteiger partial charge on any atom is -0.484 e. The molecule has 1 aromatic rings. The summed E-state index contributed by atoms with van der Waals surface area (Å²) in [5, 5.41) is 5.04. The molecule has 98 valence electrons. The van der Waals surface area contributed by atoms with Gasteiger partial charge < -0.3 is 21.1 Å². The smallest absolute Gasteiger partial charge is 0.257 e. The van der Waals surface area contributed by atoms with Crippen LogP contribution >= 0.6 is 0 Å². The molecule has 0 aliphatic carbocycles. The minimum absolute atomic E-state index is 0.100. The van der Waals surface area contributed by atoms with Crippen molar-refractivity contribution in [1.82, 2.24) is 10.6 Å². The summed E-state index contributed by atoms with van der Waals surface area (Å²) in [6.07, 6.45) is 0.251. The van der Waals surface area contributed by atoms with Crippen molar-refractivity contribution in [2.24, 2.45) is 0 Å². The highest BCUT2D eigenvalue weighted by molar-refractivity contribution is 5.79. The molecule has 0 atom stereocenters. The van der Waals surface area contributed by atoms with E-state index in [2.05, 4.69) is 10.6 Å². The number of hydrogen-bond acceptors (Lipinski definition) is 4. The van der Waals surface area contributed by atoms with Crippen LogP contribution < -0.4 is 21.1 Å². The molecule has 0 saturated carbocycles. The summed E-state index contributed by atoms with van der Waals surface area (Å²) in [5.74, 6) is 0.143. The van der Waals surface area contributed by atoms with Gasteiger partial charge in [0.2, 0.25) is 5.91 Å². The van der Waals surface area contributed by atoms with Crippen molar-refractivity contribution in [2.45, 2.75) is 6.42 Å². The fraction of sp³-hybridized carbons (Fsp3) is 0.333. The normalized spacial score (nSPS) is 9.61. The van der Waals surface area contributed by atoms with Crippen molar-refractivity contribution in [2.75, 3.05) is 25.9 Å². The number of carbonyl (C=O) groups excluding carboxylic acids is 2. The van der Waals surface area contributed by atoms with Crippen molar-refractivity contribution in [3.63, 3.8) is 0 Å². The number of nitrogens with two attached hydrogens (primary N) is 1. The third-order valence-electron chi connectivity index (χ3n) is 2.18. The number of amides is 2. The zero-order valence-electron chi connectivity index (χ0n) is 10.2. The number of nitrogens with one attached hydrogen (secondary N) is 2. The maximum absolute atomic E-state index is 11.4. The summed E-state index contributed by atoms with van der Waals surface area (Å²) in [6, 6.07) is 6.83. The van der Waals surface area contributed by atoms with Gasteiger partial charge in [-0.15, -0.1) is 0 Å². The highest BCUT2D eigenvalue weighted by atomic mass is 16.5. The lowest BCUT2D eigenvalue weighted by atomic mass is 10.3. The van der Waals surface area contributed by atoms with Gasteiger partial charge in [-0.2, -0.15) is 0 Å². The molecule has 2 amide bonds. The molecule has 0 aliphatic rings. The first kappa shape index (κ1) is 13.8. The topological polar surface area (TPSA) is 93.5 Å². The summed E-state index contributed by atoms with van der Waals surface area (Å²) in [7, 11) is 1.55. The second kappa shape index (κ2) is 7.16. The fourth-order valence-corrected chi connectivity index (χ4v) is 1.24. The number of nitrogen functional groups attached to an aromatic ring is 1. The maximum Gasteiger partial charge on any atom is 0.257 e. The Hall–Kier alpha value is -2.24. The first-order valence-electron chi connectivity index (χ1n) is 5.57. The van der Waals surface area contributed by atoms with Gasteiger partial charge in [0, 0.05) is 31.8 Å². The SMILES string of the molecule is CNC(=O)CCNC(=O)COc1cccc(N)c1. The van der Waals surface area contributed by atoms with Crippen LogP contribution in [0.25, 0.3) is 0 Å². The van der Waals surface area contributed by atoms with Gasteiger partial charge in [-0.25, -0.2) is 0 Å². The number of rotatable bonds is 6. The Labute approximate surface area is 105 Å². The van der Waals surface area contributed by atoms with Crippen molar-refractivity contribution in [1.29, 1.82) is 0 Å². The summed E-state index contributed by atoms with van der Waals surface area (Å²) < 4.78 is 5.24. The number of ether oxygens (including phenoxy) is 1. The van der Waals surface area contributed by atoms with E-state index in [1.807, 2.05) is 0 Å². The van der Waals surface area contributed by atoms with E-state index in [4.69, 9.17) is 10.5 Å². The molecule has 6 heteroatoms. The molecule has 0 fully saturated rings. The summed E-state index contributed by atoms with van der Waals surface area (Å²) in [5.41, 5.74) is 6.15. The summed E-state index contributed by atoms with van der Waals surface area (Å²) in [4.78, 5) is 22.3. The van der Waals surface area contributed by atoms with Crippen molar-refractivity contribution in [3.05, 3.63) is 24.3 Å². The van der Waals surface area contributed by atoms with Crippen LogP contribution in [0.2, 0.25) is 0 Å². The van der Waals surface area contributed by atoms with Gasteiger partial charge in [-0.1, -0.05) is 6.07 Å². The standard InChI is InChI=1S/C12H17N3O3/c1-14-11(16)5-6-15-12(17)8-18-10-4-2-3-9(13)7-10/h2-4,7H,5-6,8,13H2,1H3,(H,14,16)(H,15,17). The predicted octanol–water partition coefficient (Wildman–Crippen LogP) is -0.100. The molecular weight excluding hydrogens is 234 g/mol. The number of benzene rings is 1. The zero-order chi connectivity index (χ0) is 13.4. The van der Waals surface area contributed by atoms with Crippen LogP contribution in [0.3, 0.4) is 0 Å². The molecule has 6 nitrogen and oxygen atoms in total. The highest BCUT2D eigenvalue weighted by Crippen LogP contribution is 2.13. The van der Waals surface area contributed by atoms with Gasteiger partial charge in [0.1, 0.15) is 5.75 Å². The van der Waals surface area contributed by atoms with Crippen molar-refractivity contribution in [3.8, 4) is 5.75 Å². The number of carbonyl (C=O) groups is 2. The van der Waals surface area contributed by atoms with E-state index in [9.17, 15) is 9.59 Å². The number of hydrogen-bond donors (Lipinski definition) is 3. The van der Waals surface area contributed by atoms with E-state index in [0.717, 1.165) is 0 Å². The summed E-state index contributed by atoms with van der Waals surface area (Å²) >= 11 is 0. The van der Waals surface area contributed by atoms with Crippen LogP contribution in [-0.4, -0.2) is 32.0 Å². The fourth-order valence-electron chi connectivity index (χ4n) is 1.24. The Morgan fingerprint density at radius 2 is 2.11 bits per heavy atom. The van der Waals surface area contributed by atoms with E-state index in [0.29, 0.717) is 18.0 Å². The predicted molar refractivity (Wildman–Crippen MR) is 68.0 cm³/mol. The Balaban J connectivity index is 2.23. The van der Waals surface area contributed by atoms with Crippen LogP contribution in [0, 0.1) is 0 Å². The lowest BCUT2D eigenvalue weighted by Crippen LogP contribution is -2.32. The third-order valence-corrected chi connectivity index (χ3v) is 2.18. The van der Waals surface area contributed by atoms with Crippen LogP contribution in [-0.2, 0) is 9.59 Å². The average Bonchev–Trinajstić information content (AvgIpc) is 2.36. The number of anilines is 1. The molecule has 4 N–H and O–H groups in total. The molecule has 0 aromatic heterocycles. The molecule has 0 radical (unpaired) electrons. The van der Waals surface area contributed by atoms with E-state index in [1.54, 1.807) is 31.3 Å². The molecule has 0 spiro atoms. The van der Waals surface area contributed by atoms with E-state index >= 15 is 0 Å². The highest BCUT2D eigenvalue weighted by Gasteiger charge is 2.04. The minimum atomic E-state index is -0.277. The molecule has 1 rings (SSSR count). The molecular formula is C12H17N3O3. The van der Waals surface area contributed by atoms with Crippen molar-refractivity contribution >= 4 is 17.5 Å². The molecule has 0 bridgehead atoms. The van der Waals surface area contributed by atoms with E-state index in [-0.39, 0.29) is 24.8 Å². The van der Waals surface area contributed by atoms with E-state index < -0.39 is 0 Å². The average molecular weight is 251 g/mol. The second-order valence-corrected chi connectivity index (χ2v) is 3.63. The lowest BCUT2D eigenvalue weighted by molar-refractivity contribution is -0.123. The third kappa shape index (κ3) is 5.20. The molecule has 18 heavy (non-hydrogen) atoms. The molecule has 1 aromatic carbocycles.